The van der Waals surface area contributed by atoms with Gasteiger partial charge in [0.15, 0.2) is 0 Å². The van der Waals surface area contributed by atoms with E-state index in [-0.39, 0.29) is 11.5 Å². The predicted octanol–water partition coefficient (Wildman–Crippen LogP) is 2.03. The highest BCUT2D eigenvalue weighted by molar-refractivity contribution is 5.94. The fourth-order valence-corrected chi connectivity index (χ4v) is 3.64. The Morgan fingerprint density at radius 3 is 3.18 bits per heavy atom. The molecule has 0 aliphatic carbocycles. The molecule has 1 spiro atoms. The van der Waals surface area contributed by atoms with Crippen LogP contribution in [0.1, 0.15) is 41.8 Å². The number of piperidine rings is 1. The molecule has 0 unspecified atom stereocenters. The molecule has 2 aliphatic rings. The van der Waals surface area contributed by atoms with Crippen LogP contribution in [-0.2, 0) is 9.47 Å². The van der Waals surface area contributed by atoms with Crippen molar-refractivity contribution in [3.63, 3.8) is 0 Å². The highest BCUT2D eigenvalue weighted by Gasteiger charge is 2.44. The summed E-state index contributed by atoms with van der Waals surface area (Å²) in [5.41, 5.74) is 0.392. The Kier molecular flexibility index (Phi) is 4.49. The highest BCUT2D eigenvalue weighted by Crippen LogP contribution is 2.39. The molecule has 122 valence electrons. The van der Waals surface area contributed by atoms with Gasteiger partial charge >= 0.3 is 0 Å². The number of methoxy groups -OCH3 is 1. The van der Waals surface area contributed by atoms with Gasteiger partial charge in [-0.1, -0.05) is 5.16 Å². The molecular weight excluding hydrogens is 284 g/mol. The maximum atomic E-state index is 12.6. The lowest BCUT2D eigenvalue weighted by atomic mass is 9.85. The number of hydrogen-bond donors (Lipinski definition) is 0. The Bertz CT molecular complexity index is 530. The lowest BCUT2D eigenvalue weighted by molar-refractivity contribution is -0.0450. The number of carbonyl (C=O) groups excluding carboxylic acids is 1. The molecule has 1 aromatic heterocycles. The fraction of sp³-hybridized carbons (Fsp3) is 0.750. The summed E-state index contributed by atoms with van der Waals surface area (Å²) < 4.78 is 16.3. The van der Waals surface area contributed by atoms with E-state index in [4.69, 9.17) is 14.0 Å². The molecule has 6 heteroatoms. The normalized spacial score (nSPS) is 28.5. The van der Waals surface area contributed by atoms with Gasteiger partial charge in [0.05, 0.1) is 18.4 Å². The number of carbonyl (C=O) groups is 1. The first-order valence-corrected chi connectivity index (χ1v) is 7.97. The molecule has 0 saturated carbocycles. The average molecular weight is 308 g/mol. The third-order valence-corrected chi connectivity index (χ3v) is 4.82. The molecule has 0 N–H and O–H groups in total. The van der Waals surface area contributed by atoms with Gasteiger partial charge in [0, 0.05) is 26.8 Å². The third kappa shape index (κ3) is 3.03. The lowest BCUT2D eigenvalue weighted by Gasteiger charge is -2.39. The van der Waals surface area contributed by atoms with Gasteiger partial charge in [-0.05, 0) is 38.5 Å². The number of nitrogens with zero attached hydrogens (tertiary/aromatic N) is 2. The van der Waals surface area contributed by atoms with Crippen LogP contribution >= 0.6 is 0 Å². The largest absolute Gasteiger partial charge is 0.385 e. The van der Waals surface area contributed by atoms with Crippen molar-refractivity contribution in [2.45, 2.75) is 38.2 Å². The van der Waals surface area contributed by atoms with Gasteiger partial charge < -0.3 is 18.9 Å². The first-order valence-electron chi connectivity index (χ1n) is 7.97. The van der Waals surface area contributed by atoms with E-state index < -0.39 is 0 Å². The summed E-state index contributed by atoms with van der Waals surface area (Å²) in [4.78, 5) is 14.5. The van der Waals surface area contributed by atoms with E-state index in [1.807, 2.05) is 4.90 Å². The first-order chi connectivity index (χ1) is 10.6. The quantitative estimate of drug-likeness (QED) is 0.851. The number of aromatic nitrogens is 1. The molecule has 6 nitrogen and oxygen atoms in total. The lowest BCUT2D eigenvalue weighted by Crippen LogP contribution is -2.50. The molecule has 0 radical (unpaired) electrons. The van der Waals surface area contributed by atoms with Gasteiger partial charge in [-0.2, -0.15) is 0 Å². The van der Waals surface area contributed by atoms with Crippen molar-refractivity contribution in [1.29, 1.82) is 0 Å². The van der Waals surface area contributed by atoms with Crippen LogP contribution in [0.3, 0.4) is 0 Å². The highest BCUT2D eigenvalue weighted by atomic mass is 16.5. The van der Waals surface area contributed by atoms with Crippen LogP contribution in [0, 0.1) is 12.8 Å². The summed E-state index contributed by atoms with van der Waals surface area (Å²) in [5.74, 6) is 1.11. The molecule has 3 rings (SSSR count). The molecule has 1 amide bonds. The average Bonchev–Trinajstić information content (AvgIpc) is 3.11. The van der Waals surface area contributed by atoms with Crippen molar-refractivity contribution in [1.82, 2.24) is 10.1 Å². The summed E-state index contributed by atoms with van der Waals surface area (Å²) in [6, 6.07) is 0. The molecular formula is C16H24N2O4. The Hall–Kier alpha value is -1.40. The maximum Gasteiger partial charge on any atom is 0.259 e. The van der Waals surface area contributed by atoms with E-state index >= 15 is 0 Å². The zero-order chi connectivity index (χ0) is 15.6. The van der Waals surface area contributed by atoms with Crippen molar-refractivity contribution in [2.75, 3.05) is 33.4 Å². The smallest absolute Gasteiger partial charge is 0.259 e. The Labute approximate surface area is 130 Å². The van der Waals surface area contributed by atoms with Gasteiger partial charge in [0.2, 0.25) is 0 Å². The summed E-state index contributed by atoms with van der Waals surface area (Å²) in [5, 5.41) is 3.70. The van der Waals surface area contributed by atoms with Gasteiger partial charge in [0.1, 0.15) is 11.3 Å². The summed E-state index contributed by atoms with van der Waals surface area (Å²) in [6.07, 6.45) is 5.56. The van der Waals surface area contributed by atoms with E-state index in [0.29, 0.717) is 23.8 Å². The minimum atomic E-state index is -0.169. The van der Waals surface area contributed by atoms with Crippen LogP contribution in [0.4, 0.5) is 0 Å². The molecule has 2 fully saturated rings. The molecule has 2 atom stereocenters. The molecule has 22 heavy (non-hydrogen) atoms. The van der Waals surface area contributed by atoms with Gasteiger partial charge in [-0.15, -0.1) is 0 Å². The zero-order valence-electron chi connectivity index (χ0n) is 13.3. The fourth-order valence-electron chi connectivity index (χ4n) is 3.64. The van der Waals surface area contributed by atoms with Crippen LogP contribution < -0.4 is 0 Å². The maximum absolute atomic E-state index is 12.6. The number of aryl methyl sites for hydroxylation is 1. The number of ether oxygens (including phenoxy) is 2. The molecule has 2 aliphatic heterocycles. The van der Waals surface area contributed by atoms with Crippen LogP contribution in [0.2, 0.25) is 0 Å². The van der Waals surface area contributed by atoms with E-state index in [1.165, 1.54) is 6.20 Å². The first kappa shape index (κ1) is 15.5. The Morgan fingerprint density at radius 2 is 2.45 bits per heavy atom. The van der Waals surface area contributed by atoms with Crippen molar-refractivity contribution in [3.8, 4) is 0 Å². The van der Waals surface area contributed by atoms with E-state index in [0.717, 1.165) is 45.4 Å². The van der Waals surface area contributed by atoms with Crippen molar-refractivity contribution < 1.29 is 18.8 Å². The van der Waals surface area contributed by atoms with Gasteiger partial charge in [-0.3, -0.25) is 4.79 Å². The SMILES string of the molecule is COCC[C@H]1CO[C@@]2(CCCN(C(=O)c3cnoc3C)C2)C1. The van der Waals surface area contributed by atoms with Crippen molar-refractivity contribution in [2.24, 2.45) is 5.92 Å². The van der Waals surface area contributed by atoms with Crippen LogP contribution in [-0.4, -0.2) is 55.0 Å². The predicted molar refractivity (Wildman–Crippen MR) is 79.7 cm³/mol. The van der Waals surface area contributed by atoms with Crippen LogP contribution in [0.5, 0.6) is 0 Å². The minimum absolute atomic E-state index is 0.00164. The standard InChI is InChI=1S/C16H24N2O4/c1-12-14(9-17-22-12)15(19)18-6-3-5-16(11-18)8-13(10-21-16)4-7-20-2/h9,13H,3-8,10-11H2,1-2H3/t13-,16+/m1/s1. The number of rotatable bonds is 4. The molecule has 0 bridgehead atoms. The molecule has 1 aromatic rings. The van der Waals surface area contributed by atoms with Gasteiger partial charge in [-0.25, -0.2) is 0 Å². The van der Waals surface area contributed by atoms with Gasteiger partial charge in [0.25, 0.3) is 5.91 Å². The number of hydrogen-bond acceptors (Lipinski definition) is 5. The molecule has 2 saturated heterocycles. The summed E-state index contributed by atoms with van der Waals surface area (Å²) in [7, 11) is 1.73. The Balaban J connectivity index is 1.65. The second kappa shape index (κ2) is 6.38. The topological polar surface area (TPSA) is 64.8 Å². The van der Waals surface area contributed by atoms with Crippen molar-refractivity contribution >= 4 is 5.91 Å². The Morgan fingerprint density at radius 1 is 1.59 bits per heavy atom. The van der Waals surface area contributed by atoms with E-state index in [9.17, 15) is 4.79 Å². The number of amides is 1. The number of likely N-dealkylation sites (tertiary alicyclic amines) is 1. The summed E-state index contributed by atoms with van der Waals surface area (Å²) >= 11 is 0. The third-order valence-electron chi connectivity index (χ3n) is 4.82. The van der Waals surface area contributed by atoms with E-state index in [2.05, 4.69) is 5.16 Å². The van der Waals surface area contributed by atoms with E-state index in [1.54, 1.807) is 14.0 Å². The monoisotopic (exact) mass is 308 g/mol. The van der Waals surface area contributed by atoms with Crippen LogP contribution in [0.15, 0.2) is 10.7 Å². The van der Waals surface area contributed by atoms with Crippen LogP contribution in [0.25, 0.3) is 0 Å². The molecule has 0 aromatic carbocycles. The van der Waals surface area contributed by atoms with Crippen molar-refractivity contribution in [3.05, 3.63) is 17.5 Å². The second-order valence-corrected chi connectivity index (χ2v) is 6.47. The molecule has 3 heterocycles. The minimum Gasteiger partial charge on any atom is -0.385 e. The summed E-state index contributed by atoms with van der Waals surface area (Å²) in [6.45, 7) is 4.76. The second-order valence-electron chi connectivity index (χ2n) is 6.47. The zero-order valence-corrected chi connectivity index (χ0v) is 13.3.